The van der Waals surface area contributed by atoms with Gasteiger partial charge in [0.15, 0.2) is 5.60 Å². The van der Waals surface area contributed by atoms with Gasteiger partial charge in [0.25, 0.3) is 11.8 Å². The lowest BCUT2D eigenvalue weighted by Gasteiger charge is -2.36. The normalized spacial score (nSPS) is 14.5. The molecule has 1 fully saturated rings. The second-order valence-electron chi connectivity index (χ2n) is 16.1. The summed E-state index contributed by atoms with van der Waals surface area (Å²) in [6, 6.07) is 23.6. The molecule has 0 radical (unpaired) electrons. The molecule has 0 atom stereocenters. The van der Waals surface area contributed by atoms with E-state index in [0.29, 0.717) is 41.9 Å². The van der Waals surface area contributed by atoms with Gasteiger partial charge in [-0.3, -0.25) is 14.4 Å². The van der Waals surface area contributed by atoms with Crippen molar-refractivity contribution in [3.05, 3.63) is 147 Å². The molecule has 0 saturated heterocycles. The van der Waals surface area contributed by atoms with Crippen molar-refractivity contribution in [2.75, 3.05) is 39.5 Å². The zero-order valence-electron chi connectivity index (χ0n) is 35.5. The summed E-state index contributed by atoms with van der Waals surface area (Å²) < 4.78 is 36.9. The van der Waals surface area contributed by atoms with Crippen LogP contribution in [0.4, 0.5) is 4.39 Å². The minimum Gasteiger partial charge on any atom is -0.508 e. The predicted molar refractivity (Wildman–Crippen MR) is 231 cm³/mol. The number of benzene rings is 4. The third kappa shape index (κ3) is 8.86. The monoisotopic (exact) mass is 872 g/mol. The number of carbonyl (C=O) groups excluding carboxylic acids is 4. The predicted octanol–water partition coefficient (Wildman–Crippen LogP) is 6.54. The van der Waals surface area contributed by atoms with Gasteiger partial charge >= 0.3 is 5.97 Å². The number of rotatable bonds is 18. The fourth-order valence-electron chi connectivity index (χ4n) is 8.34. The maximum Gasteiger partial charge on any atom is 0.340 e. The lowest BCUT2D eigenvalue weighted by Crippen LogP contribution is -2.58. The van der Waals surface area contributed by atoms with Crippen LogP contribution >= 0.6 is 0 Å². The number of pyridine rings is 1. The molecule has 1 saturated carbocycles. The van der Waals surface area contributed by atoms with Crippen molar-refractivity contribution in [3.8, 4) is 23.0 Å². The fraction of sp³-hybridized carbons (Fsp3) is 0.327. The molecule has 15 heteroatoms. The summed E-state index contributed by atoms with van der Waals surface area (Å²) in [6.45, 7) is 4.94. The van der Waals surface area contributed by atoms with Gasteiger partial charge in [-0.1, -0.05) is 38.1 Å². The summed E-state index contributed by atoms with van der Waals surface area (Å²) >= 11 is 0. The van der Waals surface area contributed by atoms with E-state index < -0.39 is 28.9 Å². The number of hydrogen-bond acceptors (Lipinski definition) is 11. The van der Waals surface area contributed by atoms with E-state index in [0.717, 1.165) is 29.7 Å². The maximum absolute atomic E-state index is 13.6. The van der Waals surface area contributed by atoms with Crippen LogP contribution in [0.1, 0.15) is 110 Å². The molecule has 3 amide bonds. The maximum atomic E-state index is 13.6. The minimum absolute atomic E-state index is 0.0530. The van der Waals surface area contributed by atoms with Gasteiger partial charge in [0.1, 0.15) is 40.0 Å². The smallest absolute Gasteiger partial charge is 0.340 e. The van der Waals surface area contributed by atoms with Crippen LogP contribution in [0, 0.1) is 5.82 Å². The summed E-state index contributed by atoms with van der Waals surface area (Å²) in [4.78, 5) is 58.3. The lowest BCUT2D eigenvalue weighted by molar-refractivity contribution is -0.128. The van der Waals surface area contributed by atoms with E-state index in [2.05, 4.69) is 16.0 Å². The first-order valence-corrected chi connectivity index (χ1v) is 21.5. The van der Waals surface area contributed by atoms with Crippen LogP contribution in [0.2, 0.25) is 0 Å². The van der Waals surface area contributed by atoms with Crippen LogP contribution in [0.3, 0.4) is 0 Å². The largest absolute Gasteiger partial charge is 0.508 e. The summed E-state index contributed by atoms with van der Waals surface area (Å²) in [7, 11) is 0. The summed E-state index contributed by atoms with van der Waals surface area (Å²) in [5.41, 5.74) is 2.26. The van der Waals surface area contributed by atoms with Crippen LogP contribution < -0.4 is 20.7 Å². The van der Waals surface area contributed by atoms with Gasteiger partial charge in [0.2, 0.25) is 5.91 Å². The SMILES string of the molecule is CCC(CC)(NC(=O)c1ccc(C2CC2)c(Cc2ccc(F)cc2)n1)C(=O)NCCOCCOCCNC(=O)c1ccc2c(c1)C(=O)OC21c2ccc(O)cc2Oc2cc(O)ccc21. The first-order chi connectivity index (χ1) is 30.9. The molecule has 1 aromatic heterocycles. The van der Waals surface area contributed by atoms with E-state index >= 15 is 0 Å². The number of phenolic OH excluding ortho intramolecular Hbond substituents is 2. The number of phenols is 2. The Balaban J connectivity index is 0.775. The Labute approximate surface area is 369 Å². The van der Waals surface area contributed by atoms with Crippen molar-refractivity contribution >= 4 is 23.7 Å². The highest BCUT2D eigenvalue weighted by Gasteiger charge is 2.54. The van der Waals surface area contributed by atoms with Crippen molar-refractivity contribution in [1.82, 2.24) is 20.9 Å². The fourth-order valence-corrected chi connectivity index (χ4v) is 8.34. The quantitative estimate of drug-likeness (QED) is 0.0474. The molecule has 0 unspecified atom stereocenters. The minimum atomic E-state index is -1.43. The van der Waals surface area contributed by atoms with Gasteiger partial charge in [-0.15, -0.1) is 0 Å². The summed E-state index contributed by atoms with van der Waals surface area (Å²) in [6.07, 6.45) is 3.30. The Bertz CT molecular complexity index is 2540. The van der Waals surface area contributed by atoms with Crippen LogP contribution in [0.25, 0.3) is 0 Å². The highest BCUT2D eigenvalue weighted by atomic mass is 19.1. The van der Waals surface area contributed by atoms with Crippen LogP contribution in [-0.2, 0) is 31.0 Å². The van der Waals surface area contributed by atoms with E-state index in [9.17, 15) is 33.8 Å². The number of halogens is 1. The molecule has 8 rings (SSSR count). The number of carbonyl (C=O) groups is 4. The van der Waals surface area contributed by atoms with Gasteiger partial charge in [-0.2, -0.15) is 0 Å². The molecule has 1 spiro atoms. The average molecular weight is 873 g/mol. The molecule has 3 aliphatic rings. The third-order valence-corrected chi connectivity index (χ3v) is 12.0. The Morgan fingerprint density at radius 3 is 2.03 bits per heavy atom. The number of hydrogen-bond donors (Lipinski definition) is 5. The molecular weight excluding hydrogens is 824 g/mol. The summed E-state index contributed by atoms with van der Waals surface area (Å²) in [5, 5.41) is 28.9. The molecule has 1 aliphatic carbocycles. The molecule has 2 aliphatic heterocycles. The second-order valence-corrected chi connectivity index (χ2v) is 16.1. The molecule has 64 heavy (non-hydrogen) atoms. The number of amides is 3. The highest BCUT2D eigenvalue weighted by molar-refractivity contribution is 6.02. The molecule has 332 valence electrons. The van der Waals surface area contributed by atoms with E-state index in [1.807, 2.05) is 19.9 Å². The lowest BCUT2D eigenvalue weighted by atomic mass is 9.77. The third-order valence-electron chi connectivity index (χ3n) is 12.0. The van der Waals surface area contributed by atoms with Gasteiger partial charge in [-0.25, -0.2) is 14.2 Å². The van der Waals surface area contributed by atoms with E-state index in [1.165, 1.54) is 42.5 Å². The molecule has 0 bridgehead atoms. The number of nitrogens with zero attached hydrogens (tertiary/aromatic N) is 1. The second kappa shape index (κ2) is 18.5. The topological polar surface area (TPSA) is 195 Å². The van der Waals surface area contributed by atoms with Gasteiger partial charge < -0.3 is 45.1 Å². The van der Waals surface area contributed by atoms with Gasteiger partial charge in [-0.05, 0) is 97.3 Å². The number of esters is 1. The number of nitrogens with one attached hydrogen (secondary N) is 3. The Morgan fingerprint density at radius 1 is 0.781 bits per heavy atom. The first-order valence-electron chi connectivity index (χ1n) is 21.5. The van der Waals surface area contributed by atoms with Crippen molar-refractivity contribution in [1.29, 1.82) is 0 Å². The van der Waals surface area contributed by atoms with Crippen LogP contribution in [0.5, 0.6) is 23.0 Å². The zero-order valence-corrected chi connectivity index (χ0v) is 35.5. The van der Waals surface area contributed by atoms with Crippen molar-refractivity contribution < 1.29 is 52.7 Å². The highest BCUT2D eigenvalue weighted by Crippen LogP contribution is 2.57. The number of aromatic hydroxyl groups is 2. The van der Waals surface area contributed by atoms with Crippen molar-refractivity contribution in [2.24, 2.45) is 0 Å². The molecule has 5 N–H and O–H groups in total. The number of ether oxygens (including phenoxy) is 4. The molecular formula is C49H49FN4O10. The van der Waals surface area contributed by atoms with Crippen LogP contribution in [0.15, 0.2) is 91.0 Å². The number of aromatic nitrogens is 1. The van der Waals surface area contributed by atoms with Crippen LogP contribution in [-0.4, -0.2) is 83.9 Å². The summed E-state index contributed by atoms with van der Waals surface area (Å²) in [5.74, 6) is -1.36. The van der Waals surface area contributed by atoms with Crippen molar-refractivity contribution in [3.63, 3.8) is 0 Å². The molecule has 14 nitrogen and oxygen atoms in total. The Hall–Kier alpha value is -6.84. The Kier molecular flexibility index (Phi) is 12.6. The number of fused-ring (bicyclic) bond motifs is 6. The Morgan fingerprint density at radius 2 is 1.41 bits per heavy atom. The van der Waals surface area contributed by atoms with E-state index in [1.54, 1.807) is 42.5 Å². The first kappa shape index (κ1) is 43.8. The standard InChI is InChI=1S/C49H49FN4O10/c1-3-48(4-2,54-45(58)40-18-14-35(30-7-8-30)41(53-40)25-29-5-10-32(50)11-6-29)47(60)52-20-22-62-24-23-61-21-19-51-44(57)31-9-15-37-36(26-31)46(59)64-49(37)38-16-12-33(55)27-42(38)63-43-28-34(56)13-17-39(43)49/h5-6,9-18,26-28,30,55-56H,3-4,7-8,19-25H2,1-2H3,(H,51,57)(H,52,60)(H,54,58). The van der Waals surface area contributed by atoms with E-state index in [4.69, 9.17) is 23.9 Å². The average Bonchev–Trinajstić information content (AvgIpc) is 4.10. The molecule has 5 aromatic rings. The van der Waals surface area contributed by atoms with E-state index in [-0.39, 0.29) is 91.1 Å². The van der Waals surface area contributed by atoms with Crippen molar-refractivity contribution in [2.45, 2.75) is 63.0 Å². The van der Waals surface area contributed by atoms with Gasteiger partial charge in [0, 0.05) is 59.6 Å². The van der Waals surface area contributed by atoms with Gasteiger partial charge in [0.05, 0.1) is 32.0 Å². The zero-order chi connectivity index (χ0) is 45.0. The molecule has 3 heterocycles. The molecule has 4 aromatic carbocycles.